The summed E-state index contributed by atoms with van der Waals surface area (Å²) in [5.74, 6) is 1.13. The number of hydrogen-bond acceptors (Lipinski definition) is 4. The average Bonchev–Trinajstić information content (AvgIpc) is 2.38. The Morgan fingerprint density at radius 1 is 1.53 bits per heavy atom. The molecule has 0 unspecified atom stereocenters. The summed E-state index contributed by atoms with van der Waals surface area (Å²) in [6.45, 7) is 5.26. The highest BCUT2D eigenvalue weighted by atomic mass is 16.6. The van der Waals surface area contributed by atoms with Gasteiger partial charge in [-0.05, 0) is 37.7 Å². The maximum Gasteiger partial charge on any atom is 0.311 e. The molecule has 0 aromatic carbocycles. The molecular weight excluding hydrogens is 242 g/mol. The third-order valence-electron chi connectivity index (χ3n) is 3.61. The third kappa shape index (κ3) is 3.22. The Labute approximate surface area is 113 Å². The molecule has 0 spiro atoms. The lowest BCUT2D eigenvalue weighted by atomic mass is 9.94. The van der Waals surface area contributed by atoms with Crippen molar-refractivity contribution in [3.63, 3.8) is 0 Å². The number of pyridine rings is 1. The molecule has 0 amide bonds. The molecule has 2 heterocycles. The minimum Gasteiger partial charge on any atom is -0.348 e. The van der Waals surface area contributed by atoms with E-state index in [9.17, 15) is 10.1 Å². The molecule has 5 heteroatoms. The first-order chi connectivity index (χ1) is 9.09. The van der Waals surface area contributed by atoms with Crippen molar-refractivity contribution in [1.82, 2.24) is 4.98 Å². The largest absolute Gasteiger partial charge is 0.348 e. The van der Waals surface area contributed by atoms with E-state index in [0.717, 1.165) is 25.8 Å². The van der Waals surface area contributed by atoms with E-state index in [2.05, 4.69) is 23.7 Å². The monoisotopic (exact) mass is 263 g/mol. The maximum atomic E-state index is 11.1. The molecule has 1 saturated heterocycles. The molecule has 104 valence electrons. The summed E-state index contributed by atoms with van der Waals surface area (Å²) in [7, 11) is 0. The van der Waals surface area contributed by atoms with Crippen molar-refractivity contribution < 1.29 is 4.92 Å². The van der Waals surface area contributed by atoms with E-state index in [1.165, 1.54) is 6.42 Å². The fourth-order valence-electron chi connectivity index (χ4n) is 2.82. The Balaban J connectivity index is 2.29. The Kier molecular flexibility index (Phi) is 4.35. The molecule has 1 aliphatic rings. The summed E-state index contributed by atoms with van der Waals surface area (Å²) < 4.78 is 0. The quantitative estimate of drug-likeness (QED) is 0.617. The van der Waals surface area contributed by atoms with Crippen LogP contribution in [0.25, 0.3) is 0 Å². The van der Waals surface area contributed by atoms with E-state index in [1.807, 2.05) is 0 Å². The van der Waals surface area contributed by atoms with Gasteiger partial charge in [-0.1, -0.05) is 13.8 Å². The molecule has 0 N–H and O–H groups in total. The highest BCUT2D eigenvalue weighted by molar-refractivity contribution is 5.58. The SMILES string of the molecule is CC(C)C[C@@H]1CCCCN1c1ncccc1[N+](=O)[O-]. The summed E-state index contributed by atoms with van der Waals surface area (Å²) in [4.78, 5) is 17.2. The Morgan fingerprint density at radius 2 is 2.32 bits per heavy atom. The normalized spacial score (nSPS) is 19.7. The van der Waals surface area contributed by atoms with Gasteiger partial charge in [0.15, 0.2) is 0 Å². The second-order valence-electron chi connectivity index (χ2n) is 5.58. The van der Waals surface area contributed by atoms with Crippen molar-refractivity contribution in [3.05, 3.63) is 28.4 Å². The number of hydrogen-bond donors (Lipinski definition) is 0. The zero-order valence-electron chi connectivity index (χ0n) is 11.6. The summed E-state index contributed by atoms with van der Waals surface area (Å²) in [5, 5.41) is 11.1. The van der Waals surface area contributed by atoms with Crippen molar-refractivity contribution in [2.45, 2.75) is 45.6 Å². The van der Waals surface area contributed by atoms with Crippen LogP contribution >= 0.6 is 0 Å². The maximum absolute atomic E-state index is 11.1. The molecule has 1 aromatic heterocycles. The smallest absolute Gasteiger partial charge is 0.311 e. The predicted octanol–water partition coefficient (Wildman–Crippen LogP) is 3.39. The Morgan fingerprint density at radius 3 is 3.00 bits per heavy atom. The minimum absolute atomic E-state index is 0.123. The molecule has 1 atom stereocenters. The van der Waals surface area contributed by atoms with Gasteiger partial charge in [-0.25, -0.2) is 4.98 Å². The predicted molar refractivity (Wildman–Crippen MR) is 75.3 cm³/mol. The number of rotatable bonds is 4. The van der Waals surface area contributed by atoms with Crippen molar-refractivity contribution in [1.29, 1.82) is 0 Å². The van der Waals surface area contributed by atoms with Crippen LogP contribution in [0, 0.1) is 16.0 Å². The van der Waals surface area contributed by atoms with Gasteiger partial charge in [0.2, 0.25) is 5.82 Å². The van der Waals surface area contributed by atoms with E-state index >= 15 is 0 Å². The van der Waals surface area contributed by atoms with E-state index in [-0.39, 0.29) is 10.6 Å². The average molecular weight is 263 g/mol. The minimum atomic E-state index is -0.330. The summed E-state index contributed by atoms with van der Waals surface area (Å²) in [5.41, 5.74) is 0.123. The van der Waals surface area contributed by atoms with Gasteiger partial charge in [-0.2, -0.15) is 0 Å². The van der Waals surface area contributed by atoms with Crippen LogP contribution in [-0.2, 0) is 0 Å². The molecule has 0 bridgehead atoms. The second kappa shape index (κ2) is 5.99. The lowest BCUT2D eigenvalue weighted by molar-refractivity contribution is -0.384. The molecule has 5 nitrogen and oxygen atoms in total. The molecule has 0 saturated carbocycles. The van der Waals surface area contributed by atoms with Crippen LogP contribution < -0.4 is 4.90 Å². The first-order valence-electron chi connectivity index (χ1n) is 6.95. The lowest BCUT2D eigenvalue weighted by Crippen LogP contribution is -2.41. The topological polar surface area (TPSA) is 59.3 Å². The van der Waals surface area contributed by atoms with Crippen molar-refractivity contribution in [2.24, 2.45) is 5.92 Å². The number of aromatic nitrogens is 1. The second-order valence-corrected chi connectivity index (χ2v) is 5.58. The first-order valence-corrected chi connectivity index (χ1v) is 6.95. The van der Waals surface area contributed by atoms with Gasteiger partial charge in [0.1, 0.15) is 0 Å². The molecular formula is C14H21N3O2. The highest BCUT2D eigenvalue weighted by Gasteiger charge is 2.29. The van der Waals surface area contributed by atoms with E-state index in [1.54, 1.807) is 18.3 Å². The number of nitrogens with zero attached hydrogens (tertiary/aromatic N) is 3. The van der Waals surface area contributed by atoms with Crippen LogP contribution in [0.3, 0.4) is 0 Å². The molecule has 0 radical (unpaired) electrons. The summed E-state index contributed by atoms with van der Waals surface area (Å²) >= 11 is 0. The van der Waals surface area contributed by atoms with Gasteiger partial charge >= 0.3 is 5.69 Å². The van der Waals surface area contributed by atoms with E-state index in [4.69, 9.17) is 0 Å². The lowest BCUT2D eigenvalue weighted by Gasteiger charge is -2.37. The van der Waals surface area contributed by atoms with Crippen LogP contribution in [-0.4, -0.2) is 22.5 Å². The Bertz CT molecular complexity index is 448. The number of piperidine rings is 1. The van der Waals surface area contributed by atoms with Crippen molar-refractivity contribution in [3.8, 4) is 0 Å². The molecule has 0 aliphatic carbocycles. The fraction of sp³-hybridized carbons (Fsp3) is 0.643. The number of nitro groups is 1. The molecule has 1 aliphatic heterocycles. The van der Waals surface area contributed by atoms with Gasteiger partial charge in [0.25, 0.3) is 0 Å². The number of anilines is 1. The van der Waals surface area contributed by atoms with Crippen LogP contribution in [0.15, 0.2) is 18.3 Å². The zero-order chi connectivity index (χ0) is 13.8. The molecule has 2 rings (SSSR count). The molecule has 1 fully saturated rings. The van der Waals surface area contributed by atoms with Gasteiger partial charge in [0.05, 0.1) is 4.92 Å². The van der Waals surface area contributed by atoms with Crippen molar-refractivity contribution in [2.75, 3.05) is 11.4 Å². The van der Waals surface area contributed by atoms with Gasteiger partial charge in [-0.15, -0.1) is 0 Å². The third-order valence-corrected chi connectivity index (χ3v) is 3.61. The van der Waals surface area contributed by atoms with E-state index in [0.29, 0.717) is 17.8 Å². The van der Waals surface area contributed by atoms with Crippen LogP contribution in [0.4, 0.5) is 11.5 Å². The fourth-order valence-corrected chi connectivity index (χ4v) is 2.82. The summed E-state index contributed by atoms with van der Waals surface area (Å²) in [6.07, 6.45) is 6.10. The summed E-state index contributed by atoms with van der Waals surface area (Å²) in [6, 6.07) is 3.55. The standard InChI is InChI=1S/C14H21N3O2/c1-11(2)10-12-6-3-4-9-16(12)14-13(17(18)19)7-5-8-15-14/h5,7-8,11-12H,3-4,6,9-10H2,1-2H3/t12-/m0/s1. The van der Waals surface area contributed by atoms with Gasteiger partial charge < -0.3 is 4.90 Å². The molecule has 19 heavy (non-hydrogen) atoms. The van der Waals surface area contributed by atoms with Gasteiger partial charge in [-0.3, -0.25) is 10.1 Å². The van der Waals surface area contributed by atoms with Gasteiger partial charge in [0, 0.05) is 24.8 Å². The van der Waals surface area contributed by atoms with Crippen LogP contribution in [0.1, 0.15) is 39.5 Å². The van der Waals surface area contributed by atoms with E-state index < -0.39 is 0 Å². The first kappa shape index (κ1) is 13.8. The Hall–Kier alpha value is -1.65. The molecule has 1 aromatic rings. The highest BCUT2D eigenvalue weighted by Crippen LogP contribution is 2.32. The zero-order valence-corrected chi connectivity index (χ0v) is 11.6. The van der Waals surface area contributed by atoms with Crippen LogP contribution in [0.5, 0.6) is 0 Å². The van der Waals surface area contributed by atoms with Crippen LogP contribution in [0.2, 0.25) is 0 Å². The van der Waals surface area contributed by atoms with Crippen molar-refractivity contribution >= 4 is 11.5 Å².